The van der Waals surface area contributed by atoms with Crippen molar-refractivity contribution in [1.82, 2.24) is 9.97 Å². The molecule has 0 bridgehead atoms. The van der Waals surface area contributed by atoms with E-state index in [0.29, 0.717) is 0 Å². The maximum atomic E-state index is 5.17. The van der Waals surface area contributed by atoms with Crippen LogP contribution in [-0.4, -0.2) is 9.97 Å². The van der Waals surface area contributed by atoms with Crippen molar-refractivity contribution in [1.29, 1.82) is 0 Å². The highest BCUT2D eigenvalue weighted by Crippen LogP contribution is 2.52. The molecule has 2 heteroatoms. The Morgan fingerprint density at radius 2 is 0.887 bits per heavy atom. The molecule has 1 aliphatic carbocycles. The summed E-state index contributed by atoms with van der Waals surface area (Å²) in [5.74, 6) is 0.719. The number of rotatable bonds is 5. The van der Waals surface area contributed by atoms with Crippen molar-refractivity contribution in [2.75, 3.05) is 0 Å². The van der Waals surface area contributed by atoms with Crippen LogP contribution in [0.4, 0.5) is 0 Å². The van der Waals surface area contributed by atoms with E-state index < -0.39 is 0 Å². The van der Waals surface area contributed by atoms with Crippen LogP contribution in [0.15, 0.2) is 182 Å². The third kappa shape index (κ3) is 5.18. The normalized spacial score (nSPS) is 12.9. The molecule has 0 saturated heterocycles. The van der Waals surface area contributed by atoms with Gasteiger partial charge in [-0.3, -0.25) is 0 Å². The average Bonchev–Trinajstić information content (AvgIpc) is 3.46. The SMILES string of the molecule is CC1(C)c2cc(-c3cccc(-c4ccc(-c5nc(-c6ccccc6)cc(-c6ccccc6)n5)c5ccccc45)c3)ccc2-c2ccc3ccccc3c21. The zero-order valence-electron chi connectivity index (χ0n) is 29.7. The quantitative estimate of drug-likeness (QED) is 0.181. The molecule has 1 heterocycles. The molecule has 0 amide bonds. The van der Waals surface area contributed by atoms with Crippen LogP contribution in [-0.2, 0) is 5.41 Å². The van der Waals surface area contributed by atoms with Crippen LogP contribution in [0, 0.1) is 0 Å². The summed E-state index contributed by atoms with van der Waals surface area (Å²) in [5, 5.41) is 4.95. The minimum atomic E-state index is -0.106. The van der Waals surface area contributed by atoms with Crippen LogP contribution in [0.5, 0.6) is 0 Å². The lowest BCUT2D eigenvalue weighted by atomic mass is 9.79. The van der Waals surface area contributed by atoms with Gasteiger partial charge in [0.25, 0.3) is 0 Å². The van der Waals surface area contributed by atoms with Gasteiger partial charge in [0.05, 0.1) is 11.4 Å². The van der Waals surface area contributed by atoms with E-state index in [1.54, 1.807) is 0 Å². The fraction of sp³-hybridized carbons (Fsp3) is 0.0588. The van der Waals surface area contributed by atoms with Gasteiger partial charge >= 0.3 is 0 Å². The van der Waals surface area contributed by atoms with Gasteiger partial charge in [-0.2, -0.15) is 0 Å². The summed E-state index contributed by atoms with van der Waals surface area (Å²) in [6.45, 7) is 4.75. The topological polar surface area (TPSA) is 25.8 Å². The summed E-state index contributed by atoms with van der Waals surface area (Å²) in [5.41, 5.74) is 15.2. The maximum absolute atomic E-state index is 5.17. The Kier molecular flexibility index (Phi) is 7.19. The van der Waals surface area contributed by atoms with Crippen molar-refractivity contribution in [3.05, 3.63) is 193 Å². The Labute approximate surface area is 310 Å². The van der Waals surface area contributed by atoms with E-state index in [9.17, 15) is 0 Å². The number of benzene rings is 8. The van der Waals surface area contributed by atoms with Gasteiger partial charge < -0.3 is 0 Å². The monoisotopic (exact) mass is 676 g/mol. The van der Waals surface area contributed by atoms with E-state index in [0.717, 1.165) is 39.3 Å². The van der Waals surface area contributed by atoms with Crippen LogP contribution >= 0.6 is 0 Å². The lowest BCUT2D eigenvalue weighted by molar-refractivity contribution is 0.666. The van der Waals surface area contributed by atoms with Gasteiger partial charge in [0.2, 0.25) is 0 Å². The van der Waals surface area contributed by atoms with E-state index in [1.807, 2.05) is 12.1 Å². The molecule has 1 aromatic heterocycles. The molecule has 1 aliphatic rings. The van der Waals surface area contributed by atoms with Crippen molar-refractivity contribution in [3.63, 3.8) is 0 Å². The lowest BCUT2D eigenvalue weighted by Crippen LogP contribution is -2.15. The van der Waals surface area contributed by atoms with E-state index >= 15 is 0 Å². The summed E-state index contributed by atoms with van der Waals surface area (Å²) in [4.78, 5) is 10.3. The molecular formula is C51H36N2. The van der Waals surface area contributed by atoms with Crippen LogP contribution in [0.3, 0.4) is 0 Å². The predicted octanol–water partition coefficient (Wildman–Crippen LogP) is 13.4. The largest absolute Gasteiger partial charge is 0.228 e. The summed E-state index contributed by atoms with van der Waals surface area (Å²) in [6, 6.07) is 65.3. The molecule has 0 radical (unpaired) electrons. The molecule has 250 valence electrons. The molecule has 0 aliphatic heterocycles. The Morgan fingerprint density at radius 1 is 0.358 bits per heavy atom. The highest BCUT2D eigenvalue weighted by Gasteiger charge is 2.37. The van der Waals surface area contributed by atoms with E-state index in [4.69, 9.17) is 9.97 Å². The molecule has 8 aromatic carbocycles. The van der Waals surface area contributed by atoms with E-state index in [1.165, 1.54) is 60.7 Å². The number of fused-ring (bicyclic) bond motifs is 6. The second-order valence-corrected chi connectivity index (χ2v) is 14.6. The lowest BCUT2D eigenvalue weighted by Gasteiger charge is -2.23. The van der Waals surface area contributed by atoms with Crippen LogP contribution in [0.1, 0.15) is 25.0 Å². The molecule has 10 rings (SSSR count). The van der Waals surface area contributed by atoms with Crippen molar-refractivity contribution in [2.24, 2.45) is 0 Å². The molecule has 0 unspecified atom stereocenters. The molecule has 0 N–H and O–H groups in total. The van der Waals surface area contributed by atoms with Crippen LogP contribution < -0.4 is 0 Å². The Morgan fingerprint density at radius 3 is 1.60 bits per heavy atom. The fourth-order valence-electron chi connectivity index (χ4n) is 8.47. The minimum Gasteiger partial charge on any atom is -0.228 e. The second-order valence-electron chi connectivity index (χ2n) is 14.6. The first-order valence-electron chi connectivity index (χ1n) is 18.3. The molecule has 0 fully saturated rings. The smallest absolute Gasteiger partial charge is 0.161 e. The highest BCUT2D eigenvalue weighted by molar-refractivity contribution is 6.05. The van der Waals surface area contributed by atoms with Crippen LogP contribution in [0.25, 0.3) is 88.8 Å². The highest BCUT2D eigenvalue weighted by atomic mass is 14.9. The maximum Gasteiger partial charge on any atom is 0.161 e. The van der Waals surface area contributed by atoms with Gasteiger partial charge in [-0.25, -0.2) is 9.97 Å². The summed E-state index contributed by atoms with van der Waals surface area (Å²) in [6.07, 6.45) is 0. The summed E-state index contributed by atoms with van der Waals surface area (Å²) in [7, 11) is 0. The third-order valence-electron chi connectivity index (χ3n) is 11.1. The summed E-state index contributed by atoms with van der Waals surface area (Å²) >= 11 is 0. The van der Waals surface area contributed by atoms with Gasteiger partial charge in [-0.05, 0) is 90.3 Å². The minimum absolute atomic E-state index is 0.106. The molecule has 0 saturated carbocycles. The third-order valence-corrected chi connectivity index (χ3v) is 11.1. The second kappa shape index (κ2) is 12.3. The zero-order valence-corrected chi connectivity index (χ0v) is 29.7. The van der Waals surface area contributed by atoms with Crippen molar-refractivity contribution in [3.8, 4) is 67.3 Å². The molecule has 0 atom stereocenters. The predicted molar refractivity (Wildman–Crippen MR) is 222 cm³/mol. The van der Waals surface area contributed by atoms with Crippen molar-refractivity contribution >= 4 is 21.5 Å². The van der Waals surface area contributed by atoms with Gasteiger partial charge in [0, 0.05) is 22.1 Å². The van der Waals surface area contributed by atoms with Gasteiger partial charge in [0.1, 0.15) is 0 Å². The Bertz CT molecular complexity index is 2790. The number of hydrogen-bond acceptors (Lipinski definition) is 2. The van der Waals surface area contributed by atoms with Gasteiger partial charge in [-0.15, -0.1) is 0 Å². The average molecular weight is 677 g/mol. The Hall–Kier alpha value is -6.64. The zero-order chi connectivity index (χ0) is 35.5. The first-order valence-corrected chi connectivity index (χ1v) is 18.3. The van der Waals surface area contributed by atoms with Crippen molar-refractivity contribution < 1.29 is 0 Å². The fourth-order valence-corrected chi connectivity index (χ4v) is 8.47. The standard InChI is InChI=1S/C51H36N2/c1-51(2)46-31-37(25-26-43(46)44-27-24-33-14-9-10-21-40(33)49(44)51)36-19-13-20-38(30-36)39-28-29-45(42-23-12-11-22-41(39)42)50-52-47(34-15-5-3-6-16-34)32-48(53-50)35-17-7-4-8-18-35/h3-32H,1-2H3. The first kappa shape index (κ1) is 31.1. The summed E-state index contributed by atoms with van der Waals surface area (Å²) < 4.78 is 0. The van der Waals surface area contributed by atoms with E-state index in [-0.39, 0.29) is 5.41 Å². The number of aromatic nitrogens is 2. The first-order chi connectivity index (χ1) is 26.0. The van der Waals surface area contributed by atoms with Crippen molar-refractivity contribution in [2.45, 2.75) is 19.3 Å². The molecule has 9 aromatic rings. The van der Waals surface area contributed by atoms with Gasteiger partial charge in [-0.1, -0.05) is 172 Å². The molecule has 53 heavy (non-hydrogen) atoms. The van der Waals surface area contributed by atoms with Crippen LogP contribution in [0.2, 0.25) is 0 Å². The number of hydrogen-bond donors (Lipinski definition) is 0. The molecule has 0 spiro atoms. The number of nitrogens with zero attached hydrogens (tertiary/aromatic N) is 2. The van der Waals surface area contributed by atoms with Gasteiger partial charge in [0.15, 0.2) is 5.82 Å². The van der Waals surface area contributed by atoms with E-state index in [2.05, 4.69) is 184 Å². The molecular weight excluding hydrogens is 641 g/mol. The Balaban J connectivity index is 1.07. The molecule has 2 nitrogen and oxygen atoms in total.